The van der Waals surface area contributed by atoms with Gasteiger partial charge in [-0.25, -0.2) is 0 Å². The lowest BCUT2D eigenvalue weighted by molar-refractivity contribution is -0.122. The quantitative estimate of drug-likeness (QED) is 0.888. The number of amides is 1. The van der Waals surface area contributed by atoms with Crippen molar-refractivity contribution in [3.8, 4) is 0 Å². The summed E-state index contributed by atoms with van der Waals surface area (Å²) in [5.41, 5.74) is 1.21. The van der Waals surface area contributed by atoms with Crippen LogP contribution in [-0.2, 0) is 11.2 Å². The molecule has 1 fully saturated rings. The second kappa shape index (κ2) is 7.09. The topological polar surface area (TPSA) is 29.1 Å². The molecule has 2 atom stereocenters. The monoisotopic (exact) mass is 323 g/mol. The minimum absolute atomic E-state index is 0.193. The Morgan fingerprint density at radius 1 is 1.37 bits per heavy atom. The van der Waals surface area contributed by atoms with Crippen molar-refractivity contribution in [2.24, 2.45) is 5.92 Å². The van der Waals surface area contributed by atoms with E-state index >= 15 is 0 Å². The molecule has 1 saturated carbocycles. The van der Waals surface area contributed by atoms with E-state index in [4.69, 9.17) is 0 Å². The van der Waals surface area contributed by atoms with Gasteiger partial charge < -0.3 is 5.32 Å². The van der Waals surface area contributed by atoms with E-state index in [1.807, 2.05) is 12.1 Å². The second-order valence-corrected chi connectivity index (χ2v) is 6.48. The number of nitrogens with one attached hydrogen (secondary N) is 1. The first-order chi connectivity index (χ1) is 9.15. The zero-order chi connectivity index (χ0) is 13.7. The summed E-state index contributed by atoms with van der Waals surface area (Å²) in [6, 6.07) is 8.56. The Hall–Kier alpha value is -0.830. The number of carbonyl (C=O) groups is 1. The molecule has 2 unspecified atom stereocenters. The maximum absolute atomic E-state index is 12.0. The summed E-state index contributed by atoms with van der Waals surface area (Å²) in [6.45, 7) is 2.25. The first-order valence-electron chi connectivity index (χ1n) is 7.19. The second-order valence-electron chi connectivity index (χ2n) is 5.57. The fraction of sp³-hybridized carbons (Fsp3) is 0.562. The Balaban J connectivity index is 1.78. The van der Waals surface area contributed by atoms with Crippen LogP contribution in [0.15, 0.2) is 28.7 Å². The highest BCUT2D eigenvalue weighted by Gasteiger charge is 2.22. The van der Waals surface area contributed by atoms with Gasteiger partial charge in [0, 0.05) is 16.9 Å². The Morgan fingerprint density at radius 3 is 2.89 bits per heavy atom. The standard InChI is InChI=1S/C16H22BrNO/c1-12-5-2-3-8-15(12)18-16(19)10-9-13-6-4-7-14(17)11-13/h4,6-7,11-12,15H,2-3,5,8-10H2,1H3,(H,18,19). The lowest BCUT2D eigenvalue weighted by atomic mass is 9.86. The minimum Gasteiger partial charge on any atom is -0.353 e. The van der Waals surface area contributed by atoms with Gasteiger partial charge in [-0.05, 0) is 42.9 Å². The Morgan fingerprint density at radius 2 is 2.16 bits per heavy atom. The smallest absolute Gasteiger partial charge is 0.220 e. The molecule has 19 heavy (non-hydrogen) atoms. The van der Waals surface area contributed by atoms with Crippen molar-refractivity contribution in [1.29, 1.82) is 0 Å². The lowest BCUT2D eigenvalue weighted by Crippen LogP contribution is -2.41. The van der Waals surface area contributed by atoms with Crippen LogP contribution in [0.2, 0.25) is 0 Å². The molecule has 2 rings (SSSR count). The van der Waals surface area contributed by atoms with Crippen molar-refractivity contribution in [2.45, 2.75) is 51.5 Å². The highest BCUT2D eigenvalue weighted by atomic mass is 79.9. The fourth-order valence-corrected chi connectivity index (χ4v) is 3.21. The third-order valence-corrected chi connectivity index (χ3v) is 4.48. The summed E-state index contributed by atoms with van der Waals surface area (Å²) >= 11 is 3.46. The third kappa shape index (κ3) is 4.64. The number of halogens is 1. The first kappa shape index (κ1) is 14.6. The highest BCUT2D eigenvalue weighted by molar-refractivity contribution is 9.10. The van der Waals surface area contributed by atoms with E-state index in [1.165, 1.54) is 24.8 Å². The van der Waals surface area contributed by atoms with E-state index in [0.717, 1.165) is 17.3 Å². The maximum atomic E-state index is 12.0. The van der Waals surface area contributed by atoms with Gasteiger partial charge in [0.25, 0.3) is 0 Å². The van der Waals surface area contributed by atoms with E-state index in [2.05, 4.69) is 40.3 Å². The first-order valence-corrected chi connectivity index (χ1v) is 7.98. The molecular formula is C16H22BrNO. The average molecular weight is 324 g/mol. The molecule has 0 aliphatic heterocycles. The normalized spacial score (nSPS) is 23.1. The van der Waals surface area contributed by atoms with Gasteiger partial charge in [0.1, 0.15) is 0 Å². The molecule has 1 aliphatic carbocycles. The van der Waals surface area contributed by atoms with E-state index in [9.17, 15) is 4.79 Å². The number of benzene rings is 1. The van der Waals surface area contributed by atoms with Crippen molar-refractivity contribution in [2.75, 3.05) is 0 Å². The van der Waals surface area contributed by atoms with Gasteiger partial charge in [0.15, 0.2) is 0 Å². The summed E-state index contributed by atoms with van der Waals surface area (Å²) in [4.78, 5) is 12.0. The number of carbonyl (C=O) groups excluding carboxylic acids is 1. The number of hydrogen-bond donors (Lipinski definition) is 1. The van der Waals surface area contributed by atoms with Gasteiger partial charge in [-0.1, -0.05) is 47.8 Å². The van der Waals surface area contributed by atoms with Crippen LogP contribution in [0.25, 0.3) is 0 Å². The van der Waals surface area contributed by atoms with Crippen molar-refractivity contribution < 1.29 is 4.79 Å². The Kier molecular flexibility index (Phi) is 5.44. The van der Waals surface area contributed by atoms with E-state index in [1.54, 1.807) is 0 Å². The molecule has 1 aliphatic rings. The Bertz CT molecular complexity index is 433. The summed E-state index contributed by atoms with van der Waals surface area (Å²) in [6.07, 6.45) is 6.35. The summed E-state index contributed by atoms with van der Waals surface area (Å²) in [5, 5.41) is 3.20. The lowest BCUT2D eigenvalue weighted by Gasteiger charge is -2.29. The summed E-state index contributed by atoms with van der Waals surface area (Å²) in [7, 11) is 0. The SMILES string of the molecule is CC1CCCCC1NC(=O)CCc1cccc(Br)c1. The van der Waals surface area contributed by atoms with Crippen LogP contribution in [0.3, 0.4) is 0 Å². The Labute approximate surface area is 124 Å². The molecule has 104 valence electrons. The van der Waals surface area contributed by atoms with Crippen LogP contribution in [0.4, 0.5) is 0 Å². The third-order valence-electron chi connectivity index (χ3n) is 3.99. The molecule has 2 nitrogen and oxygen atoms in total. The highest BCUT2D eigenvalue weighted by Crippen LogP contribution is 2.23. The number of aryl methyl sites for hydroxylation is 1. The van der Waals surface area contributed by atoms with Crippen LogP contribution in [0.5, 0.6) is 0 Å². The maximum Gasteiger partial charge on any atom is 0.220 e. The van der Waals surface area contributed by atoms with Crippen molar-refractivity contribution in [1.82, 2.24) is 5.32 Å². The largest absolute Gasteiger partial charge is 0.353 e. The summed E-state index contributed by atoms with van der Waals surface area (Å²) in [5.74, 6) is 0.822. The molecule has 3 heteroatoms. The molecule has 0 heterocycles. The molecule has 0 spiro atoms. The summed E-state index contributed by atoms with van der Waals surface area (Å²) < 4.78 is 1.08. The van der Waals surface area contributed by atoms with Gasteiger partial charge in [-0.2, -0.15) is 0 Å². The van der Waals surface area contributed by atoms with Crippen LogP contribution in [-0.4, -0.2) is 11.9 Å². The van der Waals surface area contributed by atoms with Crippen LogP contribution in [0.1, 0.15) is 44.6 Å². The van der Waals surface area contributed by atoms with Crippen molar-refractivity contribution in [3.63, 3.8) is 0 Å². The van der Waals surface area contributed by atoms with Gasteiger partial charge in [-0.3, -0.25) is 4.79 Å². The van der Waals surface area contributed by atoms with Gasteiger partial charge >= 0.3 is 0 Å². The molecule has 1 aromatic carbocycles. The molecule has 1 aromatic rings. The van der Waals surface area contributed by atoms with Crippen molar-refractivity contribution in [3.05, 3.63) is 34.3 Å². The average Bonchev–Trinajstić information content (AvgIpc) is 2.39. The predicted octanol–water partition coefficient (Wildman–Crippen LogP) is 4.08. The van der Waals surface area contributed by atoms with Gasteiger partial charge in [0.05, 0.1) is 0 Å². The predicted molar refractivity (Wildman–Crippen MR) is 82.0 cm³/mol. The zero-order valence-corrected chi connectivity index (χ0v) is 13.1. The molecule has 0 radical (unpaired) electrons. The van der Waals surface area contributed by atoms with Crippen LogP contribution >= 0.6 is 15.9 Å². The number of rotatable bonds is 4. The van der Waals surface area contributed by atoms with E-state index in [-0.39, 0.29) is 5.91 Å². The number of hydrogen-bond acceptors (Lipinski definition) is 1. The van der Waals surface area contributed by atoms with Gasteiger partial charge in [0.2, 0.25) is 5.91 Å². The molecule has 0 bridgehead atoms. The molecule has 1 amide bonds. The van der Waals surface area contributed by atoms with Crippen LogP contribution < -0.4 is 5.32 Å². The molecular weight excluding hydrogens is 302 g/mol. The zero-order valence-electron chi connectivity index (χ0n) is 11.5. The van der Waals surface area contributed by atoms with Crippen LogP contribution in [0, 0.1) is 5.92 Å². The van der Waals surface area contributed by atoms with E-state index < -0.39 is 0 Å². The molecule has 0 aromatic heterocycles. The molecule has 1 N–H and O–H groups in total. The fourth-order valence-electron chi connectivity index (χ4n) is 2.76. The van der Waals surface area contributed by atoms with Crippen molar-refractivity contribution >= 4 is 21.8 Å². The molecule has 0 saturated heterocycles. The minimum atomic E-state index is 0.193. The van der Waals surface area contributed by atoms with E-state index in [0.29, 0.717) is 18.4 Å². The van der Waals surface area contributed by atoms with Gasteiger partial charge in [-0.15, -0.1) is 0 Å².